The molecule has 0 amide bonds. The molecule has 0 radical (unpaired) electrons. The Balaban J connectivity index is 1.97. The van der Waals surface area contributed by atoms with Gasteiger partial charge in [-0.25, -0.2) is 13.8 Å². The quantitative estimate of drug-likeness (QED) is 0.845. The van der Waals surface area contributed by atoms with Crippen LogP contribution in [0.2, 0.25) is 0 Å². The zero-order valence-electron chi connectivity index (χ0n) is 11.7. The maximum Gasteiger partial charge on any atom is 0.419 e. The molecule has 0 bridgehead atoms. The van der Waals surface area contributed by atoms with Gasteiger partial charge in [0.1, 0.15) is 6.07 Å². The molecule has 1 N–H and O–H groups in total. The lowest BCUT2D eigenvalue weighted by molar-refractivity contribution is -0.160. The zero-order chi connectivity index (χ0) is 17.0. The molecule has 3 rings (SSSR count). The van der Waals surface area contributed by atoms with E-state index in [2.05, 4.69) is 4.98 Å². The Kier molecular flexibility index (Phi) is 3.48. The minimum atomic E-state index is -4.77. The molecule has 3 atom stereocenters. The molecule has 2 aliphatic rings. The fourth-order valence-corrected chi connectivity index (χ4v) is 3.46. The number of alkyl halides is 5. The highest BCUT2D eigenvalue weighted by atomic mass is 19.4. The van der Waals surface area contributed by atoms with Gasteiger partial charge in [-0.15, -0.1) is 0 Å². The van der Waals surface area contributed by atoms with Gasteiger partial charge in [0, 0.05) is 18.9 Å². The maximum absolute atomic E-state index is 13.5. The van der Waals surface area contributed by atoms with Crippen molar-refractivity contribution in [3.63, 3.8) is 0 Å². The van der Waals surface area contributed by atoms with E-state index in [1.165, 1.54) is 11.0 Å². The molecular formula is C14H12F5N3O. The minimum absolute atomic E-state index is 0.0134. The lowest BCUT2D eigenvalue weighted by Crippen LogP contribution is -2.49. The Morgan fingerprint density at radius 3 is 2.65 bits per heavy atom. The van der Waals surface area contributed by atoms with E-state index in [0.29, 0.717) is 0 Å². The molecule has 1 saturated carbocycles. The van der Waals surface area contributed by atoms with Crippen molar-refractivity contribution in [2.45, 2.75) is 24.6 Å². The fraction of sp³-hybridized carbons (Fsp3) is 0.571. The highest BCUT2D eigenvalue weighted by Crippen LogP contribution is 2.55. The topological polar surface area (TPSA) is 60.2 Å². The number of fused-ring (bicyclic) bond motifs is 1. The maximum atomic E-state index is 13.5. The van der Waals surface area contributed by atoms with E-state index in [1.807, 2.05) is 0 Å². The minimum Gasteiger partial charge on any atom is -0.394 e. The highest BCUT2D eigenvalue weighted by molar-refractivity contribution is 5.53. The third-order valence-corrected chi connectivity index (χ3v) is 4.66. The van der Waals surface area contributed by atoms with Crippen LogP contribution in [0.25, 0.3) is 0 Å². The number of aliphatic hydroxyl groups is 1. The van der Waals surface area contributed by atoms with Crippen molar-refractivity contribution in [2.75, 3.05) is 18.1 Å². The zero-order valence-corrected chi connectivity index (χ0v) is 11.7. The highest BCUT2D eigenvalue weighted by Gasteiger charge is 2.63. The smallest absolute Gasteiger partial charge is 0.394 e. The summed E-state index contributed by atoms with van der Waals surface area (Å²) in [6.07, 6.45) is -4.10. The standard InChI is InChI=1S/C14H12F5N3O/c15-13(16)2-8-10(13)5-22(12(8)6-23)7-1-9(14(17,18)19)11(3-20)21-4-7/h1,4,8,10,12,23H,2,5-6H2/t8-,10-,12-/m0/s1. The Hall–Kier alpha value is -1.95. The van der Waals surface area contributed by atoms with Gasteiger partial charge in [0.05, 0.1) is 30.1 Å². The summed E-state index contributed by atoms with van der Waals surface area (Å²) in [4.78, 5) is 4.82. The third-order valence-electron chi connectivity index (χ3n) is 4.66. The average molecular weight is 333 g/mol. The van der Waals surface area contributed by atoms with Crippen LogP contribution in [0.15, 0.2) is 12.3 Å². The largest absolute Gasteiger partial charge is 0.419 e. The van der Waals surface area contributed by atoms with E-state index in [9.17, 15) is 27.1 Å². The van der Waals surface area contributed by atoms with Crippen molar-refractivity contribution in [3.05, 3.63) is 23.5 Å². The van der Waals surface area contributed by atoms with Crippen molar-refractivity contribution < 1.29 is 27.1 Å². The molecule has 0 spiro atoms. The molecule has 0 unspecified atom stereocenters. The van der Waals surface area contributed by atoms with Gasteiger partial charge in [0.25, 0.3) is 5.92 Å². The number of nitriles is 1. The second-order valence-corrected chi connectivity index (χ2v) is 5.84. The average Bonchev–Trinajstić information content (AvgIpc) is 2.80. The Labute approximate surface area is 128 Å². The van der Waals surface area contributed by atoms with Gasteiger partial charge in [-0.05, 0) is 12.0 Å². The Morgan fingerprint density at radius 1 is 1.43 bits per heavy atom. The van der Waals surface area contributed by atoms with Gasteiger partial charge in [-0.2, -0.15) is 18.4 Å². The lowest BCUT2D eigenvalue weighted by atomic mass is 9.69. The van der Waals surface area contributed by atoms with Gasteiger partial charge < -0.3 is 10.0 Å². The monoisotopic (exact) mass is 333 g/mol. The molecular weight excluding hydrogens is 321 g/mol. The fourth-order valence-electron chi connectivity index (χ4n) is 3.46. The Bertz CT molecular complexity index is 669. The van der Waals surface area contributed by atoms with E-state index >= 15 is 0 Å². The van der Waals surface area contributed by atoms with Crippen LogP contribution in [0.4, 0.5) is 27.6 Å². The number of rotatable bonds is 2. The van der Waals surface area contributed by atoms with Gasteiger partial charge in [-0.1, -0.05) is 0 Å². The summed E-state index contributed by atoms with van der Waals surface area (Å²) in [5.41, 5.74) is -1.99. The molecule has 23 heavy (non-hydrogen) atoms. The number of nitrogens with zero attached hydrogens (tertiary/aromatic N) is 3. The molecule has 1 aliphatic carbocycles. The van der Waals surface area contributed by atoms with Crippen LogP contribution < -0.4 is 4.90 Å². The number of aromatic nitrogens is 1. The van der Waals surface area contributed by atoms with Gasteiger partial charge >= 0.3 is 6.18 Å². The summed E-state index contributed by atoms with van der Waals surface area (Å²) < 4.78 is 66.0. The van der Waals surface area contributed by atoms with Crippen molar-refractivity contribution in [1.82, 2.24) is 4.98 Å². The number of hydrogen-bond donors (Lipinski definition) is 1. The number of anilines is 1. The second kappa shape index (κ2) is 5.03. The lowest BCUT2D eigenvalue weighted by Gasteiger charge is -2.40. The molecule has 1 aromatic rings. The molecule has 2 heterocycles. The van der Waals surface area contributed by atoms with E-state index in [4.69, 9.17) is 5.26 Å². The first-order valence-corrected chi connectivity index (χ1v) is 6.91. The molecule has 4 nitrogen and oxygen atoms in total. The number of pyridine rings is 1. The third kappa shape index (κ3) is 2.41. The predicted octanol–water partition coefficient (Wildman–Crippen LogP) is 2.42. The SMILES string of the molecule is N#Cc1ncc(N2C[C@H]3[C@H](CC3(F)F)[C@@H]2CO)cc1C(F)(F)F. The van der Waals surface area contributed by atoms with E-state index < -0.39 is 47.8 Å². The van der Waals surface area contributed by atoms with E-state index in [1.54, 1.807) is 0 Å². The van der Waals surface area contributed by atoms with Crippen LogP contribution in [0.3, 0.4) is 0 Å². The number of aliphatic hydroxyl groups excluding tert-OH is 1. The van der Waals surface area contributed by atoms with Crippen LogP contribution in [0, 0.1) is 23.2 Å². The van der Waals surface area contributed by atoms with Crippen molar-refractivity contribution in [3.8, 4) is 6.07 Å². The predicted molar refractivity (Wildman–Crippen MR) is 68.7 cm³/mol. The van der Waals surface area contributed by atoms with Crippen LogP contribution in [-0.4, -0.2) is 35.2 Å². The molecule has 124 valence electrons. The molecule has 1 aliphatic heterocycles. The molecule has 1 aromatic heterocycles. The van der Waals surface area contributed by atoms with Crippen molar-refractivity contribution in [2.24, 2.45) is 11.8 Å². The summed E-state index contributed by atoms with van der Waals surface area (Å²) >= 11 is 0. The van der Waals surface area contributed by atoms with Gasteiger partial charge in [-0.3, -0.25) is 0 Å². The number of halogens is 5. The van der Waals surface area contributed by atoms with Crippen molar-refractivity contribution >= 4 is 5.69 Å². The first-order valence-electron chi connectivity index (χ1n) is 6.91. The Morgan fingerprint density at radius 2 is 2.13 bits per heavy atom. The molecule has 0 aromatic carbocycles. The van der Waals surface area contributed by atoms with Crippen LogP contribution in [-0.2, 0) is 6.18 Å². The summed E-state index contributed by atoms with van der Waals surface area (Å²) in [7, 11) is 0. The normalized spacial score (nSPS) is 28.9. The number of hydrogen-bond acceptors (Lipinski definition) is 4. The summed E-state index contributed by atoms with van der Waals surface area (Å²) in [6, 6.07) is 1.43. The molecule has 1 saturated heterocycles. The summed E-state index contributed by atoms with van der Waals surface area (Å²) in [5, 5.41) is 18.2. The van der Waals surface area contributed by atoms with Crippen LogP contribution >= 0.6 is 0 Å². The summed E-state index contributed by atoms with van der Waals surface area (Å²) in [5.74, 6) is -4.30. The van der Waals surface area contributed by atoms with E-state index in [0.717, 1.165) is 12.3 Å². The summed E-state index contributed by atoms with van der Waals surface area (Å²) in [6.45, 7) is -0.577. The molecule has 9 heteroatoms. The van der Waals surface area contributed by atoms with Crippen LogP contribution in [0.1, 0.15) is 17.7 Å². The van der Waals surface area contributed by atoms with E-state index in [-0.39, 0.29) is 18.7 Å². The van der Waals surface area contributed by atoms with Gasteiger partial charge in [0.2, 0.25) is 0 Å². The van der Waals surface area contributed by atoms with Gasteiger partial charge in [0.15, 0.2) is 5.69 Å². The van der Waals surface area contributed by atoms with Crippen LogP contribution in [0.5, 0.6) is 0 Å². The van der Waals surface area contributed by atoms with Crippen molar-refractivity contribution in [1.29, 1.82) is 5.26 Å². The molecule has 2 fully saturated rings. The second-order valence-electron chi connectivity index (χ2n) is 5.84. The first-order chi connectivity index (χ1) is 10.7. The first kappa shape index (κ1) is 15.9.